The zero-order chi connectivity index (χ0) is 17.9. The molecule has 0 bridgehead atoms. The zero-order valence-electron chi connectivity index (χ0n) is 14.9. The van der Waals surface area contributed by atoms with Gasteiger partial charge in [-0.3, -0.25) is 4.79 Å². The Bertz CT molecular complexity index is 863. The van der Waals surface area contributed by atoms with Crippen molar-refractivity contribution in [3.63, 3.8) is 0 Å². The summed E-state index contributed by atoms with van der Waals surface area (Å²) < 4.78 is 1.26. The van der Waals surface area contributed by atoms with E-state index in [1.807, 2.05) is 11.0 Å². The van der Waals surface area contributed by atoms with Gasteiger partial charge >= 0.3 is 0 Å². The second kappa shape index (κ2) is 7.80. The molecule has 0 radical (unpaired) electrons. The maximum absolute atomic E-state index is 12.6. The minimum Gasteiger partial charge on any atom is -0.342 e. The van der Waals surface area contributed by atoms with E-state index in [9.17, 15) is 4.79 Å². The maximum atomic E-state index is 12.6. The van der Waals surface area contributed by atoms with E-state index in [2.05, 4.69) is 48.7 Å². The van der Waals surface area contributed by atoms with Gasteiger partial charge < -0.3 is 4.90 Å². The second-order valence-electron chi connectivity index (χ2n) is 6.70. The van der Waals surface area contributed by atoms with Crippen molar-refractivity contribution in [2.75, 3.05) is 19.3 Å². The number of aromatic nitrogens is 1. The van der Waals surface area contributed by atoms with Crippen molar-refractivity contribution in [2.45, 2.75) is 30.1 Å². The number of benzene rings is 2. The SMILES string of the molecule is CSc1ccc(CC(=O)N2CCC(c3nc4ccccc4s3)CC2)cc1. The molecule has 0 unspecified atom stereocenters. The summed E-state index contributed by atoms with van der Waals surface area (Å²) in [6.07, 6.45) is 4.59. The summed E-state index contributed by atoms with van der Waals surface area (Å²) in [4.78, 5) is 20.7. The Labute approximate surface area is 162 Å². The number of fused-ring (bicyclic) bond motifs is 1. The second-order valence-corrected chi connectivity index (χ2v) is 8.64. The van der Waals surface area contributed by atoms with Crippen molar-refractivity contribution in [3.05, 3.63) is 59.1 Å². The number of carbonyl (C=O) groups is 1. The number of hydrogen-bond donors (Lipinski definition) is 0. The quantitative estimate of drug-likeness (QED) is 0.598. The number of amides is 1. The van der Waals surface area contributed by atoms with E-state index in [4.69, 9.17) is 4.98 Å². The molecule has 4 rings (SSSR count). The molecule has 0 N–H and O–H groups in total. The maximum Gasteiger partial charge on any atom is 0.226 e. The molecule has 1 saturated heterocycles. The highest BCUT2D eigenvalue weighted by Crippen LogP contribution is 2.33. The highest BCUT2D eigenvalue weighted by atomic mass is 32.2. The van der Waals surface area contributed by atoms with Gasteiger partial charge in [0.1, 0.15) is 0 Å². The molecule has 1 fully saturated rings. The lowest BCUT2D eigenvalue weighted by molar-refractivity contribution is -0.131. The van der Waals surface area contributed by atoms with Crippen molar-refractivity contribution in [1.29, 1.82) is 0 Å². The summed E-state index contributed by atoms with van der Waals surface area (Å²) in [5.41, 5.74) is 2.20. The first-order valence-electron chi connectivity index (χ1n) is 8.99. The number of rotatable bonds is 4. The van der Waals surface area contributed by atoms with Gasteiger partial charge in [-0.25, -0.2) is 4.98 Å². The Morgan fingerprint density at radius 1 is 1.15 bits per heavy atom. The molecule has 1 aromatic heterocycles. The van der Waals surface area contributed by atoms with E-state index < -0.39 is 0 Å². The third-order valence-corrected chi connectivity index (χ3v) is 6.96. The molecule has 3 nitrogen and oxygen atoms in total. The van der Waals surface area contributed by atoms with Gasteiger partial charge in [0.2, 0.25) is 5.91 Å². The fraction of sp³-hybridized carbons (Fsp3) is 0.333. The van der Waals surface area contributed by atoms with Crippen LogP contribution in [0.3, 0.4) is 0 Å². The number of nitrogens with zero attached hydrogens (tertiary/aromatic N) is 2. The number of thiazole rings is 1. The molecule has 5 heteroatoms. The topological polar surface area (TPSA) is 33.2 Å². The van der Waals surface area contributed by atoms with Gasteiger partial charge in [0.15, 0.2) is 0 Å². The Balaban J connectivity index is 1.35. The number of likely N-dealkylation sites (tertiary alicyclic amines) is 1. The minimum absolute atomic E-state index is 0.240. The first-order valence-corrected chi connectivity index (χ1v) is 11.0. The van der Waals surface area contributed by atoms with Crippen LogP contribution < -0.4 is 0 Å². The van der Waals surface area contributed by atoms with Gasteiger partial charge in [-0.15, -0.1) is 23.1 Å². The molecule has 0 saturated carbocycles. The van der Waals surface area contributed by atoms with Crippen LogP contribution in [-0.4, -0.2) is 35.1 Å². The first-order chi connectivity index (χ1) is 12.7. The zero-order valence-corrected chi connectivity index (χ0v) is 16.5. The van der Waals surface area contributed by atoms with E-state index in [0.717, 1.165) is 37.0 Å². The third-order valence-electron chi connectivity index (χ3n) is 5.02. The summed E-state index contributed by atoms with van der Waals surface area (Å²) in [6, 6.07) is 16.6. The van der Waals surface area contributed by atoms with Crippen LogP contribution in [0.5, 0.6) is 0 Å². The number of hydrogen-bond acceptors (Lipinski definition) is 4. The van der Waals surface area contributed by atoms with Crippen molar-refractivity contribution < 1.29 is 4.79 Å². The molecule has 3 aromatic rings. The van der Waals surface area contributed by atoms with E-state index in [1.54, 1.807) is 23.1 Å². The molecule has 1 aliphatic heterocycles. The van der Waals surface area contributed by atoms with Gasteiger partial charge in [-0.05, 0) is 48.9 Å². The van der Waals surface area contributed by atoms with Crippen LogP contribution in [0.25, 0.3) is 10.2 Å². The number of carbonyl (C=O) groups excluding carboxylic acids is 1. The molecule has 0 aliphatic carbocycles. The molecular weight excluding hydrogens is 360 g/mol. The molecule has 2 aromatic carbocycles. The van der Waals surface area contributed by atoms with Crippen LogP contribution >= 0.6 is 23.1 Å². The Morgan fingerprint density at radius 2 is 1.88 bits per heavy atom. The number of thioether (sulfide) groups is 1. The lowest BCUT2D eigenvalue weighted by Crippen LogP contribution is -2.38. The standard InChI is InChI=1S/C21H22N2OS2/c1-25-17-8-6-15(7-9-17)14-20(24)23-12-10-16(11-13-23)21-22-18-4-2-3-5-19(18)26-21/h2-9,16H,10-14H2,1H3. The van der Waals surface area contributed by atoms with Gasteiger partial charge in [0.05, 0.1) is 21.6 Å². The number of piperidine rings is 1. The average Bonchev–Trinajstić information content (AvgIpc) is 3.13. The van der Waals surface area contributed by atoms with Gasteiger partial charge in [-0.2, -0.15) is 0 Å². The van der Waals surface area contributed by atoms with Gasteiger partial charge in [0, 0.05) is 23.9 Å². The summed E-state index contributed by atoms with van der Waals surface area (Å²) in [7, 11) is 0. The lowest BCUT2D eigenvalue weighted by atomic mass is 9.97. The molecule has 2 heterocycles. The predicted molar refractivity (Wildman–Crippen MR) is 110 cm³/mol. The van der Waals surface area contributed by atoms with Crippen molar-refractivity contribution >= 4 is 39.2 Å². The van der Waals surface area contributed by atoms with Crippen LogP contribution in [0, 0.1) is 0 Å². The summed E-state index contributed by atoms with van der Waals surface area (Å²) in [5.74, 6) is 0.724. The molecule has 1 aliphatic rings. The molecule has 1 amide bonds. The Hall–Kier alpha value is -1.85. The van der Waals surface area contributed by atoms with E-state index in [1.165, 1.54) is 14.6 Å². The summed E-state index contributed by atoms with van der Waals surface area (Å²) in [5, 5.41) is 1.23. The Kier molecular flexibility index (Phi) is 5.27. The first kappa shape index (κ1) is 17.6. The molecular formula is C21H22N2OS2. The van der Waals surface area contributed by atoms with Crippen LogP contribution in [0.1, 0.15) is 29.3 Å². The molecule has 134 valence electrons. The third kappa shape index (κ3) is 3.79. The van der Waals surface area contributed by atoms with Gasteiger partial charge in [0.25, 0.3) is 0 Å². The molecule has 26 heavy (non-hydrogen) atoms. The fourth-order valence-corrected chi connectivity index (χ4v) is 5.02. The van der Waals surface area contributed by atoms with E-state index >= 15 is 0 Å². The average molecular weight is 383 g/mol. The highest BCUT2D eigenvalue weighted by Gasteiger charge is 2.25. The highest BCUT2D eigenvalue weighted by molar-refractivity contribution is 7.98. The van der Waals surface area contributed by atoms with Gasteiger partial charge in [-0.1, -0.05) is 24.3 Å². The van der Waals surface area contributed by atoms with Crippen molar-refractivity contribution in [1.82, 2.24) is 9.88 Å². The monoisotopic (exact) mass is 382 g/mol. The molecule has 0 spiro atoms. The molecule has 0 atom stereocenters. The largest absolute Gasteiger partial charge is 0.342 e. The van der Waals surface area contributed by atoms with Crippen LogP contribution in [0.4, 0.5) is 0 Å². The van der Waals surface area contributed by atoms with Crippen molar-refractivity contribution in [3.8, 4) is 0 Å². The minimum atomic E-state index is 0.240. The van der Waals surface area contributed by atoms with E-state index in [-0.39, 0.29) is 5.91 Å². The van der Waals surface area contributed by atoms with Crippen LogP contribution in [0.15, 0.2) is 53.4 Å². The smallest absolute Gasteiger partial charge is 0.226 e. The summed E-state index contributed by atoms with van der Waals surface area (Å²) in [6.45, 7) is 1.67. The lowest BCUT2D eigenvalue weighted by Gasteiger charge is -2.31. The van der Waals surface area contributed by atoms with Crippen LogP contribution in [0.2, 0.25) is 0 Å². The van der Waals surface area contributed by atoms with Crippen LogP contribution in [-0.2, 0) is 11.2 Å². The van der Waals surface area contributed by atoms with Crippen molar-refractivity contribution in [2.24, 2.45) is 0 Å². The normalized spacial score (nSPS) is 15.5. The fourth-order valence-electron chi connectivity index (χ4n) is 3.47. The van der Waals surface area contributed by atoms with E-state index in [0.29, 0.717) is 12.3 Å². The number of para-hydroxylation sites is 1. The Morgan fingerprint density at radius 3 is 2.58 bits per heavy atom. The predicted octanol–water partition coefficient (Wildman–Crippen LogP) is 4.97. The summed E-state index contributed by atoms with van der Waals surface area (Å²) >= 11 is 3.53.